The number of rotatable bonds is 5. The minimum atomic E-state index is -0.464. The summed E-state index contributed by atoms with van der Waals surface area (Å²) in [4.78, 5) is 24.6. The van der Waals surface area contributed by atoms with Gasteiger partial charge in [0.2, 0.25) is 11.7 Å². The van der Waals surface area contributed by atoms with Crippen LogP contribution in [0.15, 0.2) is 16.5 Å². The molecule has 0 aromatic carbocycles. The zero-order valence-electron chi connectivity index (χ0n) is 12.5. The molecule has 1 amide bonds. The molecule has 116 valence electrons. The van der Waals surface area contributed by atoms with E-state index in [1.54, 1.807) is 6.07 Å². The lowest BCUT2D eigenvalue weighted by molar-refractivity contribution is -0.119. The van der Waals surface area contributed by atoms with Crippen molar-refractivity contribution in [1.29, 1.82) is 0 Å². The Morgan fingerprint density at radius 1 is 1.43 bits per heavy atom. The predicted octanol–water partition coefficient (Wildman–Crippen LogP) is 1.71. The minimum absolute atomic E-state index is 0.0953. The lowest BCUT2D eigenvalue weighted by Gasteiger charge is -2.34. The topological polar surface area (TPSA) is 85.8 Å². The number of hydrogen-bond donors (Lipinski definition) is 1. The van der Waals surface area contributed by atoms with Crippen LogP contribution in [0.2, 0.25) is 0 Å². The summed E-state index contributed by atoms with van der Waals surface area (Å²) in [6.07, 6.45) is 2.38. The summed E-state index contributed by atoms with van der Waals surface area (Å²) in [7, 11) is 1.33. The Labute approximate surface area is 124 Å². The number of nitrogens with zero attached hydrogens (tertiary/aromatic N) is 1. The van der Waals surface area contributed by atoms with Gasteiger partial charge in [-0.15, -0.1) is 0 Å². The van der Waals surface area contributed by atoms with Crippen molar-refractivity contribution >= 4 is 11.9 Å². The number of carbonyl (C=O) groups is 2. The molecule has 1 aromatic heterocycles. The first kappa shape index (κ1) is 15.6. The molecule has 2 N–H and O–H groups in total. The number of furan rings is 1. The highest BCUT2D eigenvalue weighted by Gasteiger charge is 2.26. The predicted molar refractivity (Wildman–Crippen MR) is 76.6 cm³/mol. The lowest BCUT2D eigenvalue weighted by Crippen LogP contribution is -2.36. The number of nitrogens with two attached hydrogens (primary N) is 1. The van der Waals surface area contributed by atoms with Crippen molar-refractivity contribution in [3.63, 3.8) is 0 Å². The second-order valence-corrected chi connectivity index (χ2v) is 5.52. The maximum Gasteiger partial charge on any atom is 0.373 e. The monoisotopic (exact) mass is 294 g/mol. The molecule has 2 rings (SSSR count). The van der Waals surface area contributed by atoms with Gasteiger partial charge in [0, 0.05) is 6.42 Å². The lowest BCUT2D eigenvalue weighted by atomic mass is 9.92. The van der Waals surface area contributed by atoms with Crippen LogP contribution in [-0.4, -0.2) is 37.0 Å². The van der Waals surface area contributed by atoms with Gasteiger partial charge in [-0.2, -0.15) is 0 Å². The molecule has 1 fully saturated rings. The summed E-state index contributed by atoms with van der Waals surface area (Å²) in [5.74, 6) is 0.670. The zero-order valence-corrected chi connectivity index (χ0v) is 12.5. The number of primary amides is 1. The normalized spacial score (nSPS) is 18.4. The first-order valence-corrected chi connectivity index (χ1v) is 7.21. The average molecular weight is 294 g/mol. The SMILES string of the molecule is COC(=O)c1ccc(C(C)N2CCC(CC(N)=O)CC2)o1. The van der Waals surface area contributed by atoms with Crippen LogP contribution >= 0.6 is 0 Å². The highest BCUT2D eigenvalue weighted by molar-refractivity contribution is 5.86. The maximum atomic E-state index is 11.4. The largest absolute Gasteiger partial charge is 0.463 e. The number of piperidine rings is 1. The van der Waals surface area contributed by atoms with Crippen molar-refractivity contribution in [2.45, 2.75) is 32.2 Å². The highest BCUT2D eigenvalue weighted by Crippen LogP contribution is 2.28. The van der Waals surface area contributed by atoms with Crippen molar-refractivity contribution in [3.8, 4) is 0 Å². The zero-order chi connectivity index (χ0) is 15.4. The molecular weight excluding hydrogens is 272 g/mol. The van der Waals surface area contributed by atoms with Crippen molar-refractivity contribution in [1.82, 2.24) is 4.90 Å². The summed E-state index contributed by atoms with van der Waals surface area (Å²) in [6.45, 7) is 3.84. The van der Waals surface area contributed by atoms with Gasteiger partial charge < -0.3 is 14.9 Å². The summed E-state index contributed by atoms with van der Waals surface area (Å²) >= 11 is 0. The van der Waals surface area contributed by atoms with Crippen LogP contribution in [0.3, 0.4) is 0 Å². The third kappa shape index (κ3) is 3.85. The Morgan fingerprint density at radius 3 is 2.67 bits per heavy atom. The molecule has 1 saturated heterocycles. The fourth-order valence-electron chi connectivity index (χ4n) is 2.80. The molecule has 1 aliphatic heterocycles. The summed E-state index contributed by atoms with van der Waals surface area (Å²) in [5.41, 5.74) is 5.24. The van der Waals surface area contributed by atoms with Crippen molar-refractivity contribution in [2.24, 2.45) is 11.7 Å². The molecule has 2 heterocycles. The number of amides is 1. The Hall–Kier alpha value is -1.82. The van der Waals surface area contributed by atoms with Gasteiger partial charge in [-0.1, -0.05) is 0 Å². The smallest absolute Gasteiger partial charge is 0.373 e. The first-order chi connectivity index (χ1) is 10.0. The maximum absolute atomic E-state index is 11.4. The molecule has 0 radical (unpaired) electrons. The molecule has 6 nitrogen and oxygen atoms in total. The number of esters is 1. The van der Waals surface area contributed by atoms with Crippen molar-refractivity contribution in [2.75, 3.05) is 20.2 Å². The van der Waals surface area contributed by atoms with Crippen LogP contribution in [0.4, 0.5) is 0 Å². The van der Waals surface area contributed by atoms with E-state index in [0.717, 1.165) is 31.7 Å². The van der Waals surface area contributed by atoms with Crippen LogP contribution in [0.5, 0.6) is 0 Å². The van der Waals surface area contributed by atoms with E-state index < -0.39 is 5.97 Å². The molecular formula is C15H22N2O4. The standard InChI is InChI=1S/C15H22N2O4/c1-10(12-3-4-13(21-12)15(19)20-2)17-7-5-11(6-8-17)9-14(16)18/h3-4,10-11H,5-9H2,1-2H3,(H2,16,18). The molecule has 0 aliphatic carbocycles. The van der Waals surface area contributed by atoms with Gasteiger partial charge in [0.25, 0.3) is 0 Å². The van der Waals surface area contributed by atoms with E-state index in [9.17, 15) is 9.59 Å². The molecule has 1 aromatic rings. The van der Waals surface area contributed by atoms with Gasteiger partial charge >= 0.3 is 5.97 Å². The van der Waals surface area contributed by atoms with Gasteiger partial charge in [0.1, 0.15) is 5.76 Å². The van der Waals surface area contributed by atoms with Crippen LogP contribution in [-0.2, 0) is 9.53 Å². The minimum Gasteiger partial charge on any atom is -0.463 e. The second kappa shape index (κ2) is 6.76. The van der Waals surface area contributed by atoms with E-state index in [4.69, 9.17) is 10.2 Å². The Balaban J connectivity index is 1.92. The molecule has 0 saturated carbocycles. The van der Waals surface area contributed by atoms with Gasteiger partial charge in [-0.05, 0) is 50.9 Å². The molecule has 21 heavy (non-hydrogen) atoms. The summed E-state index contributed by atoms with van der Waals surface area (Å²) in [5, 5.41) is 0. The summed E-state index contributed by atoms with van der Waals surface area (Å²) < 4.78 is 10.2. The van der Waals surface area contributed by atoms with Gasteiger partial charge in [-0.25, -0.2) is 4.79 Å². The third-order valence-corrected chi connectivity index (χ3v) is 4.11. The molecule has 1 aliphatic rings. The second-order valence-electron chi connectivity index (χ2n) is 5.52. The molecule has 1 atom stereocenters. The quantitative estimate of drug-likeness (QED) is 0.836. The number of methoxy groups -OCH3 is 1. The van der Waals surface area contributed by atoms with E-state index in [2.05, 4.69) is 9.64 Å². The first-order valence-electron chi connectivity index (χ1n) is 7.21. The molecule has 6 heteroatoms. The average Bonchev–Trinajstić information content (AvgIpc) is 2.95. The molecule has 0 spiro atoms. The van der Waals surface area contributed by atoms with Crippen molar-refractivity contribution in [3.05, 3.63) is 23.7 Å². The molecule has 1 unspecified atom stereocenters. The van der Waals surface area contributed by atoms with Crippen LogP contribution < -0.4 is 5.73 Å². The Bertz CT molecular complexity index is 504. The Morgan fingerprint density at radius 2 is 2.10 bits per heavy atom. The summed E-state index contributed by atoms with van der Waals surface area (Å²) in [6, 6.07) is 3.54. The van der Waals surface area contributed by atoms with Gasteiger partial charge in [-0.3, -0.25) is 9.69 Å². The number of likely N-dealkylation sites (tertiary alicyclic amines) is 1. The molecule has 0 bridgehead atoms. The van der Waals surface area contributed by atoms with Crippen LogP contribution in [0, 0.1) is 5.92 Å². The van der Waals surface area contributed by atoms with E-state index in [-0.39, 0.29) is 17.7 Å². The fraction of sp³-hybridized carbons (Fsp3) is 0.600. The number of ether oxygens (including phenoxy) is 1. The third-order valence-electron chi connectivity index (χ3n) is 4.11. The van der Waals surface area contributed by atoms with E-state index in [0.29, 0.717) is 12.3 Å². The van der Waals surface area contributed by atoms with Crippen LogP contribution in [0.25, 0.3) is 0 Å². The van der Waals surface area contributed by atoms with Gasteiger partial charge in [0.05, 0.1) is 13.2 Å². The Kier molecular flexibility index (Phi) is 5.01. The van der Waals surface area contributed by atoms with Gasteiger partial charge in [0.15, 0.2) is 0 Å². The van der Waals surface area contributed by atoms with E-state index in [1.807, 2.05) is 13.0 Å². The van der Waals surface area contributed by atoms with E-state index in [1.165, 1.54) is 7.11 Å². The highest BCUT2D eigenvalue weighted by atomic mass is 16.5. The number of carbonyl (C=O) groups excluding carboxylic acids is 2. The van der Waals surface area contributed by atoms with Crippen LogP contribution in [0.1, 0.15) is 48.5 Å². The van der Waals surface area contributed by atoms with Crippen molar-refractivity contribution < 1.29 is 18.7 Å². The van der Waals surface area contributed by atoms with E-state index >= 15 is 0 Å². The fourth-order valence-corrected chi connectivity index (χ4v) is 2.80. The number of hydrogen-bond acceptors (Lipinski definition) is 5.